The molecule has 4 rings (SSSR count). The molecule has 12 heteroatoms. The van der Waals surface area contributed by atoms with Gasteiger partial charge in [0.05, 0.1) is 19.3 Å². The lowest BCUT2D eigenvalue weighted by molar-refractivity contribution is -0.161. The van der Waals surface area contributed by atoms with Crippen LogP contribution in [0.25, 0.3) is 0 Å². The van der Waals surface area contributed by atoms with Gasteiger partial charge in [0.2, 0.25) is 5.91 Å². The summed E-state index contributed by atoms with van der Waals surface area (Å²) in [4.78, 5) is 28.2. The smallest absolute Gasteiger partial charge is 0.407 e. The lowest BCUT2D eigenvalue weighted by Gasteiger charge is -2.30. The van der Waals surface area contributed by atoms with Crippen molar-refractivity contribution >= 4 is 23.4 Å². The molecule has 50 heavy (non-hydrogen) atoms. The van der Waals surface area contributed by atoms with E-state index in [1.807, 2.05) is 68.4 Å². The van der Waals surface area contributed by atoms with Crippen molar-refractivity contribution in [3.05, 3.63) is 96.1 Å². The molecule has 0 aliphatic carbocycles. The standard InChI is InChI=1S/C38H50F3N5O4/c1-28(2)25-34(45-35(38(39,40)41)30-13-7-4-8-14-30)36(47)44-32(15-9-10-20-42-37(48)50-27-29-11-5-3-6-12-29)26-43-31-16-18-33(19-17-31)46-21-23-49-24-22-46/h3-8,11-14,16-19,28,32,34-35,43,45H,9-10,15,20-27H2,1-2H3,(H,42,48)(H,44,47)/t32-,34-,35-/m0/s1. The van der Waals surface area contributed by atoms with Crippen molar-refractivity contribution in [3.8, 4) is 0 Å². The van der Waals surface area contributed by atoms with Gasteiger partial charge in [0, 0.05) is 43.6 Å². The van der Waals surface area contributed by atoms with Crippen molar-refractivity contribution in [1.29, 1.82) is 0 Å². The zero-order valence-corrected chi connectivity index (χ0v) is 28.9. The number of rotatable bonds is 18. The summed E-state index contributed by atoms with van der Waals surface area (Å²) in [6, 6.07) is 21.6. The Labute approximate surface area is 293 Å². The van der Waals surface area contributed by atoms with Crippen molar-refractivity contribution < 1.29 is 32.2 Å². The molecule has 0 aromatic heterocycles. The molecule has 4 N–H and O–H groups in total. The molecule has 1 aliphatic heterocycles. The van der Waals surface area contributed by atoms with E-state index >= 15 is 0 Å². The number of morpholine rings is 1. The number of nitrogens with zero attached hydrogens (tertiary/aromatic N) is 1. The topological polar surface area (TPSA) is 104 Å². The van der Waals surface area contributed by atoms with Gasteiger partial charge in [-0.3, -0.25) is 10.1 Å². The van der Waals surface area contributed by atoms with Gasteiger partial charge in [-0.15, -0.1) is 0 Å². The third kappa shape index (κ3) is 13.2. The van der Waals surface area contributed by atoms with E-state index in [-0.39, 0.29) is 30.6 Å². The minimum atomic E-state index is -4.60. The van der Waals surface area contributed by atoms with Crippen molar-refractivity contribution in [2.45, 2.75) is 70.4 Å². The molecule has 2 amide bonds. The average Bonchev–Trinajstić information content (AvgIpc) is 3.11. The summed E-state index contributed by atoms with van der Waals surface area (Å²) >= 11 is 0. The quantitative estimate of drug-likeness (QED) is 0.108. The zero-order valence-electron chi connectivity index (χ0n) is 28.9. The monoisotopic (exact) mass is 697 g/mol. The number of amides is 2. The molecule has 0 radical (unpaired) electrons. The van der Waals surface area contributed by atoms with E-state index in [1.54, 1.807) is 18.2 Å². The van der Waals surface area contributed by atoms with Crippen molar-refractivity contribution in [2.75, 3.05) is 49.6 Å². The molecule has 1 heterocycles. The highest BCUT2D eigenvalue weighted by molar-refractivity contribution is 5.82. The summed E-state index contributed by atoms with van der Waals surface area (Å²) in [5, 5.41) is 11.8. The summed E-state index contributed by atoms with van der Waals surface area (Å²) < 4.78 is 53.5. The molecule has 9 nitrogen and oxygen atoms in total. The minimum absolute atomic E-state index is 0.0304. The number of carbonyl (C=O) groups is 2. The Morgan fingerprint density at radius 1 is 0.900 bits per heavy atom. The fraction of sp³-hybridized carbons (Fsp3) is 0.474. The Kier molecular flexibility index (Phi) is 15.2. The molecule has 1 fully saturated rings. The SMILES string of the molecule is CC(C)C[C@H](N[C@@H](c1ccccc1)C(F)(F)F)C(=O)N[C@@H](CCCCNC(=O)OCc1ccccc1)CNc1ccc(N2CCOCC2)cc1. The predicted molar refractivity (Wildman–Crippen MR) is 190 cm³/mol. The second kappa shape index (κ2) is 19.8. The second-order valence-electron chi connectivity index (χ2n) is 13.0. The zero-order chi connectivity index (χ0) is 35.8. The van der Waals surface area contributed by atoms with Crippen LogP contribution in [0.4, 0.5) is 29.3 Å². The van der Waals surface area contributed by atoms with E-state index in [1.165, 1.54) is 12.1 Å². The molecule has 0 saturated carbocycles. The minimum Gasteiger partial charge on any atom is -0.445 e. The van der Waals surface area contributed by atoms with Crippen LogP contribution < -0.4 is 26.2 Å². The summed E-state index contributed by atoms with van der Waals surface area (Å²) in [7, 11) is 0. The second-order valence-corrected chi connectivity index (χ2v) is 13.0. The number of carbonyl (C=O) groups excluding carboxylic acids is 2. The van der Waals surface area contributed by atoms with Crippen LogP contribution in [0.5, 0.6) is 0 Å². The van der Waals surface area contributed by atoms with Crippen molar-refractivity contribution in [3.63, 3.8) is 0 Å². The fourth-order valence-corrected chi connectivity index (χ4v) is 5.81. The molecule has 0 bridgehead atoms. The number of hydrogen-bond acceptors (Lipinski definition) is 7. The van der Waals surface area contributed by atoms with E-state index in [9.17, 15) is 22.8 Å². The van der Waals surface area contributed by atoms with Gasteiger partial charge in [-0.25, -0.2) is 4.79 Å². The van der Waals surface area contributed by atoms with E-state index in [4.69, 9.17) is 9.47 Å². The van der Waals surface area contributed by atoms with E-state index < -0.39 is 30.3 Å². The number of ether oxygens (including phenoxy) is 2. The van der Waals surface area contributed by atoms with Gasteiger partial charge in [0.1, 0.15) is 12.6 Å². The first-order valence-corrected chi connectivity index (χ1v) is 17.4. The van der Waals surface area contributed by atoms with E-state index in [2.05, 4.69) is 26.2 Å². The number of benzene rings is 3. The molecule has 272 valence electrons. The third-order valence-electron chi connectivity index (χ3n) is 8.46. The Hall–Kier alpha value is -4.29. The van der Waals surface area contributed by atoms with Crippen LogP contribution in [-0.2, 0) is 20.9 Å². The lowest BCUT2D eigenvalue weighted by atomic mass is 9.99. The molecule has 0 unspecified atom stereocenters. The first-order chi connectivity index (χ1) is 24.1. The van der Waals surface area contributed by atoms with E-state index in [0.717, 1.165) is 30.0 Å². The molecular formula is C38H50F3N5O4. The van der Waals surface area contributed by atoms with E-state index in [0.29, 0.717) is 45.6 Å². The van der Waals surface area contributed by atoms with Gasteiger partial charge >= 0.3 is 12.3 Å². The highest BCUT2D eigenvalue weighted by atomic mass is 19.4. The molecule has 1 aliphatic rings. The van der Waals surface area contributed by atoms with Gasteiger partial charge in [-0.2, -0.15) is 13.2 Å². The summed E-state index contributed by atoms with van der Waals surface area (Å²) in [6.45, 7) is 7.70. The number of unbranched alkanes of at least 4 members (excludes halogenated alkanes) is 1. The van der Waals surface area contributed by atoms with Crippen molar-refractivity contribution in [2.24, 2.45) is 5.92 Å². The molecule has 1 saturated heterocycles. The van der Waals surface area contributed by atoms with Gasteiger partial charge in [0.25, 0.3) is 0 Å². The Balaban J connectivity index is 1.37. The van der Waals surface area contributed by atoms with Crippen LogP contribution in [0.3, 0.4) is 0 Å². The number of hydrogen-bond donors (Lipinski definition) is 4. The summed E-state index contributed by atoms with van der Waals surface area (Å²) in [5.74, 6) is -0.516. The van der Waals surface area contributed by atoms with Gasteiger partial charge in [-0.05, 0) is 67.0 Å². The fourth-order valence-electron chi connectivity index (χ4n) is 5.81. The first-order valence-electron chi connectivity index (χ1n) is 17.4. The van der Waals surface area contributed by atoms with Crippen LogP contribution in [0, 0.1) is 5.92 Å². The van der Waals surface area contributed by atoms with Gasteiger partial charge in [0.15, 0.2) is 0 Å². The van der Waals surface area contributed by atoms with Crippen LogP contribution >= 0.6 is 0 Å². The number of nitrogens with one attached hydrogen (secondary N) is 4. The number of alkyl halides is 3. The van der Waals surface area contributed by atoms with Crippen LogP contribution in [0.2, 0.25) is 0 Å². The van der Waals surface area contributed by atoms with Gasteiger partial charge < -0.3 is 30.3 Å². The normalized spacial score (nSPS) is 15.2. The highest BCUT2D eigenvalue weighted by Crippen LogP contribution is 2.33. The largest absolute Gasteiger partial charge is 0.445 e. The Bertz CT molecular complexity index is 1420. The average molecular weight is 698 g/mol. The first kappa shape index (κ1) is 38.5. The number of alkyl carbamates (subject to hydrolysis) is 1. The maximum Gasteiger partial charge on any atom is 0.407 e. The molecule has 0 spiro atoms. The molecule has 3 atom stereocenters. The van der Waals surface area contributed by atoms with Crippen LogP contribution in [0.1, 0.15) is 56.7 Å². The summed E-state index contributed by atoms with van der Waals surface area (Å²) in [5.41, 5.74) is 2.90. The molecule has 3 aromatic carbocycles. The van der Waals surface area contributed by atoms with Crippen LogP contribution in [-0.4, -0.2) is 69.7 Å². The Morgan fingerprint density at radius 3 is 2.20 bits per heavy atom. The molecule has 3 aromatic rings. The van der Waals surface area contributed by atoms with Crippen LogP contribution in [0.15, 0.2) is 84.9 Å². The lowest BCUT2D eigenvalue weighted by Crippen LogP contribution is -2.52. The molecular weight excluding hydrogens is 647 g/mol. The number of halogens is 3. The summed E-state index contributed by atoms with van der Waals surface area (Å²) in [6.07, 6.45) is -3.07. The van der Waals surface area contributed by atoms with Gasteiger partial charge in [-0.1, -0.05) is 74.5 Å². The maximum absolute atomic E-state index is 14.3. The predicted octanol–water partition coefficient (Wildman–Crippen LogP) is 6.82. The maximum atomic E-state index is 14.3. The third-order valence-corrected chi connectivity index (χ3v) is 8.46. The highest BCUT2D eigenvalue weighted by Gasteiger charge is 2.43. The number of anilines is 2. The Morgan fingerprint density at radius 2 is 1.56 bits per heavy atom. The van der Waals surface area contributed by atoms with Crippen molar-refractivity contribution in [1.82, 2.24) is 16.0 Å².